The van der Waals surface area contributed by atoms with Crippen LogP contribution in [-0.4, -0.2) is 22.4 Å². The molecule has 0 aliphatic carbocycles. The van der Waals surface area contributed by atoms with E-state index in [0.717, 1.165) is 24.4 Å². The molecule has 4 heteroatoms. The average Bonchev–Trinajstić information content (AvgIpc) is 2.18. The third-order valence-electron chi connectivity index (χ3n) is 2.13. The van der Waals surface area contributed by atoms with Crippen molar-refractivity contribution in [3.8, 4) is 0 Å². The van der Waals surface area contributed by atoms with E-state index in [4.69, 9.17) is 0 Å². The van der Waals surface area contributed by atoms with Crippen LogP contribution >= 0.6 is 0 Å². The summed E-state index contributed by atoms with van der Waals surface area (Å²) in [6, 6.07) is 0. The molecular formula is C9H11N3O. The molecule has 0 fully saturated rings. The molecule has 1 amide bonds. The van der Waals surface area contributed by atoms with E-state index in [1.807, 2.05) is 6.92 Å². The number of aryl methyl sites for hydroxylation is 1. The Morgan fingerprint density at radius 2 is 2.46 bits per heavy atom. The number of fused-ring (bicyclic) bond motifs is 1. The van der Waals surface area contributed by atoms with Gasteiger partial charge in [-0.2, -0.15) is 0 Å². The predicted molar refractivity (Wildman–Crippen MR) is 47.4 cm³/mol. The van der Waals surface area contributed by atoms with Crippen LogP contribution in [0.2, 0.25) is 0 Å². The summed E-state index contributed by atoms with van der Waals surface area (Å²) in [6.45, 7) is 2.69. The van der Waals surface area contributed by atoms with Crippen molar-refractivity contribution in [1.82, 2.24) is 15.3 Å². The number of carbonyl (C=O) groups is 1. The highest BCUT2D eigenvalue weighted by Gasteiger charge is 2.18. The van der Waals surface area contributed by atoms with Gasteiger partial charge in [0.15, 0.2) is 0 Å². The summed E-state index contributed by atoms with van der Waals surface area (Å²) in [4.78, 5) is 19.7. The first-order valence-electron chi connectivity index (χ1n) is 4.44. The molecule has 0 saturated heterocycles. The van der Waals surface area contributed by atoms with Crippen LogP contribution in [0.15, 0.2) is 6.20 Å². The van der Waals surface area contributed by atoms with Crippen LogP contribution in [0.5, 0.6) is 0 Å². The molecule has 0 radical (unpaired) electrons. The van der Waals surface area contributed by atoms with Crippen LogP contribution in [0.25, 0.3) is 0 Å². The number of aromatic nitrogens is 2. The highest BCUT2D eigenvalue weighted by atomic mass is 16.1. The first-order chi connectivity index (χ1) is 6.31. The van der Waals surface area contributed by atoms with Crippen molar-refractivity contribution < 1.29 is 4.79 Å². The van der Waals surface area contributed by atoms with Gasteiger partial charge in [0.25, 0.3) is 5.91 Å². The number of hydrogen-bond acceptors (Lipinski definition) is 3. The minimum Gasteiger partial charge on any atom is -0.352 e. The van der Waals surface area contributed by atoms with Gasteiger partial charge in [0.2, 0.25) is 0 Å². The molecule has 2 heterocycles. The summed E-state index contributed by atoms with van der Waals surface area (Å²) in [5.41, 5.74) is 1.51. The van der Waals surface area contributed by atoms with Crippen molar-refractivity contribution in [2.45, 2.75) is 19.8 Å². The van der Waals surface area contributed by atoms with Crippen LogP contribution in [0, 0.1) is 0 Å². The van der Waals surface area contributed by atoms with Crippen molar-refractivity contribution in [2.75, 3.05) is 6.54 Å². The third-order valence-corrected chi connectivity index (χ3v) is 2.13. The van der Waals surface area contributed by atoms with E-state index >= 15 is 0 Å². The molecule has 13 heavy (non-hydrogen) atoms. The summed E-state index contributed by atoms with van der Waals surface area (Å²) < 4.78 is 0. The van der Waals surface area contributed by atoms with E-state index in [0.29, 0.717) is 12.1 Å². The molecule has 0 spiro atoms. The number of carbonyl (C=O) groups excluding carboxylic acids is 1. The van der Waals surface area contributed by atoms with Crippen LogP contribution in [0.1, 0.15) is 28.8 Å². The van der Waals surface area contributed by atoms with Gasteiger partial charge in [-0.25, -0.2) is 9.97 Å². The average molecular weight is 177 g/mol. The Morgan fingerprint density at radius 1 is 1.62 bits per heavy atom. The lowest BCUT2D eigenvalue weighted by Gasteiger charge is -2.14. The van der Waals surface area contributed by atoms with Gasteiger partial charge in [-0.1, -0.05) is 6.92 Å². The Bertz CT molecular complexity index is 349. The van der Waals surface area contributed by atoms with Gasteiger partial charge >= 0.3 is 0 Å². The molecule has 1 aliphatic heterocycles. The highest BCUT2D eigenvalue weighted by molar-refractivity contribution is 5.95. The van der Waals surface area contributed by atoms with Crippen LogP contribution in [0.4, 0.5) is 0 Å². The standard InChI is InChI=1S/C9H11N3O/c1-2-8-11-5-6-7(12-8)3-4-10-9(6)13/h5H,2-4H2,1H3,(H,10,13). The molecule has 1 aromatic heterocycles. The monoisotopic (exact) mass is 177 g/mol. The smallest absolute Gasteiger partial charge is 0.254 e. The van der Waals surface area contributed by atoms with Crippen molar-refractivity contribution in [3.05, 3.63) is 23.3 Å². The molecular weight excluding hydrogens is 166 g/mol. The van der Waals surface area contributed by atoms with E-state index in [-0.39, 0.29) is 5.91 Å². The van der Waals surface area contributed by atoms with Gasteiger partial charge in [0.05, 0.1) is 11.3 Å². The zero-order valence-electron chi connectivity index (χ0n) is 7.50. The zero-order valence-corrected chi connectivity index (χ0v) is 7.50. The third kappa shape index (κ3) is 1.39. The summed E-state index contributed by atoms with van der Waals surface area (Å²) in [6.07, 6.45) is 3.25. The minimum atomic E-state index is -0.0519. The minimum absolute atomic E-state index is 0.0519. The summed E-state index contributed by atoms with van der Waals surface area (Å²) in [5, 5.41) is 2.76. The summed E-state index contributed by atoms with van der Waals surface area (Å²) >= 11 is 0. The number of rotatable bonds is 1. The maximum atomic E-state index is 11.3. The largest absolute Gasteiger partial charge is 0.352 e. The van der Waals surface area contributed by atoms with Crippen molar-refractivity contribution in [3.63, 3.8) is 0 Å². The van der Waals surface area contributed by atoms with Crippen molar-refractivity contribution >= 4 is 5.91 Å². The molecule has 4 nitrogen and oxygen atoms in total. The predicted octanol–water partition coefficient (Wildman–Crippen LogP) is 0.325. The molecule has 0 saturated carbocycles. The highest BCUT2D eigenvalue weighted by Crippen LogP contribution is 2.10. The van der Waals surface area contributed by atoms with Crippen LogP contribution in [-0.2, 0) is 12.8 Å². The lowest BCUT2D eigenvalue weighted by atomic mass is 10.1. The quantitative estimate of drug-likeness (QED) is 0.672. The van der Waals surface area contributed by atoms with E-state index in [9.17, 15) is 4.79 Å². The van der Waals surface area contributed by atoms with E-state index < -0.39 is 0 Å². The first-order valence-corrected chi connectivity index (χ1v) is 4.44. The van der Waals surface area contributed by atoms with Gasteiger partial charge in [-0.15, -0.1) is 0 Å². The maximum absolute atomic E-state index is 11.3. The maximum Gasteiger partial charge on any atom is 0.254 e. The number of hydrogen-bond donors (Lipinski definition) is 1. The molecule has 1 aliphatic rings. The summed E-state index contributed by atoms with van der Waals surface area (Å²) in [7, 11) is 0. The van der Waals surface area contributed by atoms with Gasteiger partial charge in [-0.05, 0) is 0 Å². The number of amides is 1. The second-order valence-electron chi connectivity index (χ2n) is 3.01. The Hall–Kier alpha value is -1.45. The van der Waals surface area contributed by atoms with E-state index in [1.165, 1.54) is 0 Å². The summed E-state index contributed by atoms with van der Waals surface area (Å²) in [5.74, 6) is 0.761. The lowest BCUT2D eigenvalue weighted by Crippen LogP contribution is -2.32. The number of nitrogens with zero attached hydrogens (tertiary/aromatic N) is 2. The molecule has 0 aromatic carbocycles. The topological polar surface area (TPSA) is 54.9 Å². The van der Waals surface area contributed by atoms with Crippen molar-refractivity contribution in [2.24, 2.45) is 0 Å². The van der Waals surface area contributed by atoms with Crippen molar-refractivity contribution in [1.29, 1.82) is 0 Å². The second kappa shape index (κ2) is 3.12. The molecule has 0 atom stereocenters. The van der Waals surface area contributed by atoms with Crippen LogP contribution < -0.4 is 5.32 Å². The second-order valence-corrected chi connectivity index (χ2v) is 3.01. The van der Waals surface area contributed by atoms with Gasteiger partial charge in [0, 0.05) is 25.6 Å². The Balaban J connectivity index is 2.45. The van der Waals surface area contributed by atoms with E-state index in [1.54, 1.807) is 6.20 Å². The van der Waals surface area contributed by atoms with Gasteiger partial charge in [-0.3, -0.25) is 4.79 Å². The fourth-order valence-corrected chi connectivity index (χ4v) is 1.40. The zero-order chi connectivity index (χ0) is 9.26. The molecule has 68 valence electrons. The Labute approximate surface area is 76.4 Å². The Kier molecular flexibility index (Phi) is 1.96. The molecule has 1 aromatic rings. The van der Waals surface area contributed by atoms with Gasteiger partial charge in [0.1, 0.15) is 5.82 Å². The lowest BCUT2D eigenvalue weighted by molar-refractivity contribution is 0.0944. The SMILES string of the molecule is CCc1ncc2c(n1)CCNC2=O. The van der Waals surface area contributed by atoms with Crippen LogP contribution in [0.3, 0.4) is 0 Å². The normalized spacial score (nSPS) is 15.0. The van der Waals surface area contributed by atoms with E-state index in [2.05, 4.69) is 15.3 Å². The molecule has 1 N–H and O–H groups in total. The fourth-order valence-electron chi connectivity index (χ4n) is 1.40. The number of nitrogens with one attached hydrogen (secondary N) is 1. The molecule has 0 unspecified atom stereocenters. The van der Waals surface area contributed by atoms with Gasteiger partial charge < -0.3 is 5.32 Å². The Morgan fingerprint density at radius 3 is 3.23 bits per heavy atom. The molecule has 2 rings (SSSR count). The fraction of sp³-hybridized carbons (Fsp3) is 0.444. The molecule has 0 bridgehead atoms. The first kappa shape index (κ1) is 8.16.